The Hall–Kier alpha value is -1.38. The number of rotatable bonds is 11. The van der Waals surface area contributed by atoms with E-state index in [-0.39, 0.29) is 30.5 Å². The zero-order chi connectivity index (χ0) is 18.7. The lowest BCUT2D eigenvalue weighted by molar-refractivity contribution is -0.130. The monoisotopic (exact) mass is 352 g/mol. The third-order valence-corrected chi connectivity index (χ3v) is 5.15. The summed E-state index contributed by atoms with van der Waals surface area (Å²) in [6.45, 7) is 2.19. The lowest BCUT2D eigenvalue weighted by Gasteiger charge is -2.23. The van der Waals surface area contributed by atoms with Gasteiger partial charge in [-0.3, -0.25) is 4.79 Å². The van der Waals surface area contributed by atoms with Gasteiger partial charge in [0.25, 0.3) is 0 Å². The van der Waals surface area contributed by atoms with Gasteiger partial charge in [0.05, 0.1) is 18.6 Å². The van der Waals surface area contributed by atoms with E-state index in [4.69, 9.17) is 5.11 Å². The predicted molar refractivity (Wildman–Crippen MR) is 95.9 cm³/mol. The molecule has 0 amide bonds. The van der Waals surface area contributed by atoms with Crippen LogP contribution in [0.25, 0.3) is 0 Å². The number of hydrogen-bond donors (Lipinski definition) is 3. The van der Waals surface area contributed by atoms with Crippen LogP contribution in [0.2, 0.25) is 0 Å². The summed E-state index contributed by atoms with van der Waals surface area (Å²) in [4.78, 5) is 22.1. The zero-order valence-electron chi connectivity index (χ0n) is 15.2. The van der Waals surface area contributed by atoms with E-state index in [0.29, 0.717) is 12.8 Å². The molecule has 0 bridgehead atoms. The first kappa shape index (κ1) is 21.7. The number of carboxylic acids is 1. The van der Waals surface area contributed by atoms with E-state index in [1.54, 1.807) is 0 Å². The van der Waals surface area contributed by atoms with Gasteiger partial charge in [0.15, 0.2) is 0 Å². The molecule has 0 unspecified atom stereocenters. The number of carbonyl (C=O) groups is 2. The van der Waals surface area contributed by atoms with Crippen LogP contribution in [-0.2, 0) is 9.59 Å². The van der Waals surface area contributed by atoms with Crippen molar-refractivity contribution < 1.29 is 24.9 Å². The SMILES string of the molecule is CCCCCCCC[C@@H]1[C@@H](CCC(=O)CC#CC(=O)O)[C@@H](O)C[C@H]1O. The number of ketones is 1. The second-order valence-corrected chi connectivity index (χ2v) is 7.12. The van der Waals surface area contributed by atoms with E-state index in [1.807, 2.05) is 5.92 Å². The van der Waals surface area contributed by atoms with Crippen LogP contribution in [0.4, 0.5) is 0 Å². The first-order chi connectivity index (χ1) is 12.0. The topological polar surface area (TPSA) is 94.8 Å². The molecule has 1 aliphatic rings. The molecule has 0 radical (unpaired) electrons. The summed E-state index contributed by atoms with van der Waals surface area (Å²) in [5.74, 6) is 2.93. The summed E-state index contributed by atoms with van der Waals surface area (Å²) in [7, 11) is 0. The van der Waals surface area contributed by atoms with E-state index in [2.05, 4.69) is 12.8 Å². The molecule has 0 heterocycles. The predicted octanol–water partition coefficient (Wildman–Crippen LogP) is 2.92. The second kappa shape index (κ2) is 12.1. The van der Waals surface area contributed by atoms with Crippen LogP contribution < -0.4 is 0 Å². The van der Waals surface area contributed by atoms with Gasteiger partial charge in [0, 0.05) is 12.3 Å². The normalized spacial score (nSPS) is 25.4. The van der Waals surface area contributed by atoms with Crippen LogP contribution >= 0.6 is 0 Å². The zero-order valence-corrected chi connectivity index (χ0v) is 15.2. The van der Waals surface area contributed by atoms with Crippen LogP contribution in [0.1, 0.15) is 77.6 Å². The fourth-order valence-electron chi connectivity index (χ4n) is 3.78. The maximum absolute atomic E-state index is 11.8. The highest BCUT2D eigenvalue weighted by molar-refractivity contribution is 5.88. The van der Waals surface area contributed by atoms with E-state index in [0.717, 1.165) is 19.3 Å². The average Bonchev–Trinajstić information content (AvgIpc) is 2.81. The number of carbonyl (C=O) groups excluding carboxylic acids is 1. The molecule has 5 nitrogen and oxygen atoms in total. The van der Waals surface area contributed by atoms with Crippen LogP contribution in [0.5, 0.6) is 0 Å². The van der Waals surface area contributed by atoms with Gasteiger partial charge in [-0.25, -0.2) is 4.79 Å². The van der Waals surface area contributed by atoms with Crippen LogP contribution in [0.3, 0.4) is 0 Å². The molecular weight excluding hydrogens is 320 g/mol. The molecule has 1 fully saturated rings. The van der Waals surface area contributed by atoms with Crippen LogP contribution in [-0.4, -0.2) is 39.3 Å². The lowest BCUT2D eigenvalue weighted by atomic mass is 9.85. The third-order valence-electron chi connectivity index (χ3n) is 5.15. The maximum Gasteiger partial charge on any atom is 0.381 e. The van der Waals surface area contributed by atoms with Gasteiger partial charge in [-0.15, -0.1) is 0 Å². The summed E-state index contributed by atoms with van der Waals surface area (Å²) in [5, 5.41) is 28.8. The highest BCUT2D eigenvalue weighted by atomic mass is 16.4. The highest BCUT2D eigenvalue weighted by Crippen LogP contribution is 2.39. The second-order valence-electron chi connectivity index (χ2n) is 7.12. The molecule has 0 spiro atoms. The van der Waals surface area contributed by atoms with E-state index in [9.17, 15) is 19.8 Å². The average molecular weight is 352 g/mol. The molecule has 25 heavy (non-hydrogen) atoms. The van der Waals surface area contributed by atoms with Crippen LogP contribution in [0.15, 0.2) is 0 Å². The van der Waals surface area contributed by atoms with Crippen LogP contribution in [0, 0.1) is 23.7 Å². The molecule has 3 N–H and O–H groups in total. The molecule has 142 valence electrons. The Balaban J connectivity index is 2.37. The van der Waals surface area contributed by atoms with Gasteiger partial charge < -0.3 is 15.3 Å². The van der Waals surface area contributed by atoms with Crippen molar-refractivity contribution >= 4 is 11.8 Å². The van der Waals surface area contributed by atoms with Crippen molar-refractivity contribution in [2.75, 3.05) is 0 Å². The third kappa shape index (κ3) is 8.51. The van der Waals surface area contributed by atoms with E-state index >= 15 is 0 Å². The molecule has 0 saturated heterocycles. The highest BCUT2D eigenvalue weighted by Gasteiger charge is 2.40. The Morgan fingerprint density at radius 2 is 1.56 bits per heavy atom. The fraction of sp³-hybridized carbons (Fsp3) is 0.800. The number of unbranched alkanes of at least 4 members (excludes halogenated alkanes) is 5. The molecule has 5 heteroatoms. The molecule has 4 atom stereocenters. The lowest BCUT2D eigenvalue weighted by Crippen LogP contribution is -2.23. The smallest absolute Gasteiger partial charge is 0.381 e. The molecular formula is C20H32O5. The Morgan fingerprint density at radius 1 is 0.960 bits per heavy atom. The van der Waals surface area contributed by atoms with E-state index < -0.39 is 18.2 Å². The summed E-state index contributed by atoms with van der Waals surface area (Å²) in [5.41, 5.74) is 0. The number of aliphatic carboxylic acids is 1. The molecule has 0 aromatic rings. The number of Topliss-reactive ketones (excluding diaryl/α,β-unsaturated/α-hetero) is 1. The molecule has 0 aromatic carbocycles. The van der Waals surface area contributed by atoms with Crippen molar-refractivity contribution in [1.29, 1.82) is 0 Å². The first-order valence-electron chi connectivity index (χ1n) is 9.55. The first-order valence-corrected chi connectivity index (χ1v) is 9.55. The van der Waals surface area contributed by atoms with Crippen molar-refractivity contribution in [3.05, 3.63) is 0 Å². The summed E-state index contributed by atoms with van der Waals surface area (Å²) >= 11 is 0. The minimum absolute atomic E-state index is 0.0537. The number of aliphatic hydroxyl groups is 2. The van der Waals surface area contributed by atoms with Gasteiger partial charge in [-0.05, 0) is 31.1 Å². The van der Waals surface area contributed by atoms with Gasteiger partial charge in [-0.1, -0.05) is 51.4 Å². The Labute approximate surface area is 150 Å². The van der Waals surface area contributed by atoms with Crippen molar-refractivity contribution in [1.82, 2.24) is 0 Å². The summed E-state index contributed by atoms with van der Waals surface area (Å²) < 4.78 is 0. The largest absolute Gasteiger partial charge is 0.472 e. The number of aliphatic hydroxyl groups excluding tert-OH is 2. The minimum atomic E-state index is -1.24. The molecule has 1 aliphatic carbocycles. The number of carboxylic acid groups (broad SMARTS) is 1. The van der Waals surface area contributed by atoms with Gasteiger partial charge in [0.2, 0.25) is 0 Å². The van der Waals surface area contributed by atoms with Gasteiger partial charge in [0.1, 0.15) is 5.78 Å². The summed E-state index contributed by atoms with van der Waals surface area (Å²) in [6.07, 6.45) is 8.12. The van der Waals surface area contributed by atoms with Crippen molar-refractivity contribution in [2.45, 2.75) is 89.8 Å². The van der Waals surface area contributed by atoms with Crippen molar-refractivity contribution in [3.8, 4) is 11.8 Å². The van der Waals surface area contributed by atoms with E-state index in [1.165, 1.54) is 25.7 Å². The molecule has 0 aliphatic heterocycles. The van der Waals surface area contributed by atoms with Gasteiger partial charge in [-0.2, -0.15) is 0 Å². The Kier molecular flexibility index (Phi) is 10.4. The Morgan fingerprint density at radius 3 is 2.20 bits per heavy atom. The Bertz CT molecular complexity index is 476. The quantitative estimate of drug-likeness (QED) is 0.392. The summed E-state index contributed by atoms with van der Waals surface area (Å²) in [6, 6.07) is 0. The molecule has 1 saturated carbocycles. The van der Waals surface area contributed by atoms with Gasteiger partial charge >= 0.3 is 5.97 Å². The molecule has 1 rings (SSSR count). The standard InChI is InChI=1S/C20H32O5/c1-2-3-4-5-6-7-10-16-17(19(23)14-18(16)22)13-12-15(21)9-8-11-20(24)25/h16-19,22-23H,2-7,9-10,12-14H2,1H3,(H,24,25)/t16-,17-,18-,19+/m1/s1. The minimum Gasteiger partial charge on any atom is -0.472 e. The van der Waals surface area contributed by atoms with Crippen molar-refractivity contribution in [2.24, 2.45) is 11.8 Å². The maximum atomic E-state index is 11.8. The fourth-order valence-corrected chi connectivity index (χ4v) is 3.78. The number of hydrogen-bond acceptors (Lipinski definition) is 4. The van der Waals surface area contributed by atoms with Crippen molar-refractivity contribution in [3.63, 3.8) is 0 Å². The molecule has 0 aromatic heterocycles.